The zero-order valence-electron chi connectivity index (χ0n) is 21.1. The Hall–Kier alpha value is -3.68. The minimum Gasteiger partial charge on any atom is -0.369 e. The molecule has 0 unspecified atom stereocenters. The van der Waals surface area contributed by atoms with E-state index >= 15 is 0 Å². The van der Waals surface area contributed by atoms with E-state index in [1.54, 1.807) is 19.2 Å². The summed E-state index contributed by atoms with van der Waals surface area (Å²) in [6, 6.07) is 26.2. The number of carbonyl (C=O) groups is 2. The van der Waals surface area contributed by atoms with Gasteiger partial charge in [-0.2, -0.15) is 0 Å². The highest BCUT2D eigenvalue weighted by atomic mass is 16.2. The van der Waals surface area contributed by atoms with Crippen LogP contribution in [0.2, 0.25) is 0 Å². The van der Waals surface area contributed by atoms with Gasteiger partial charge in [0.05, 0.1) is 6.54 Å². The van der Waals surface area contributed by atoms with Gasteiger partial charge < -0.3 is 15.5 Å². The lowest BCUT2D eigenvalue weighted by Gasteiger charge is -2.36. The number of anilines is 2. The number of rotatable bonds is 9. The summed E-state index contributed by atoms with van der Waals surface area (Å²) in [6.45, 7) is 5.96. The van der Waals surface area contributed by atoms with Crippen LogP contribution < -0.4 is 15.5 Å². The van der Waals surface area contributed by atoms with Gasteiger partial charge in [0, 0.05) is 63.3 Å². The van der Waals surface area contributed by atoms with E-state index in [2.05, 4.69) is 62.9 Å². The lowest BCUT2D eigenvalue weighted by Crippen LogP contribution is -2.45. The fourth-order valence-corrected chi connectivity index (χ4v) is 4.48. The zero-order chi connectivity index (χ0) is 25.3. The van der Waals surface area contributed by atoms with Crippen LogP contribution in [0.15, 0.2) is 78.9 Å². The van der Waals surface area contributed by atoms with Gasteiger partial charge in [-0.15, -0.1) is 0 Å². The molecule has 2 amide bonds. The van der Waals surface area contributed by atoms with Crippen molar-refractivity contribution in [3.63, 3.8) is 0 Å². The highest BCUT2D eigenvalue weighted by molar-refractivity contribution is 5.94. The Labute approximate surface area is 213 Å². The van der Waals surface area contributed by atoms with E-state index in [0.29, 0.717) is 12.1 Å². The summed E-state index contributed by atoms with van der Waals surface area (Å²) in [5.74, 6) is -0.160. The smallest absolute Gasteiger partial charge is 0.251 e. The molecule has 3 aromatic rings. The summed E-state index contributed by atoms with van der Waals surface area (Å²) >= 11 is 0. The van der Waals surface area contributed by atoms with E-state index in [0.717, 1.165) is 44.0 Å². The van der Waals surface area contributed by atoms with E-state index in [9.17, 15) is 9.59 Å². The molecule has 0 atom stereocenters. The standard InChI is InChI=1S/C29H35N5O2/c1-30-29(36)25-10-8-24(9-11-25)20-32(2)22-28(35)31-26-12-14-27(15-13-26)34-18-16-33(17-19-34)21-23-6-4-3-5-7-23/h3-15H,16-22H2,1-2H3,(H,30,36)(H,31,35). The number of likely N-dealkylation sites (N-methyl/N-ethyl adjacent to an activating group) is 1. The normalized spacial score (nSPS) is 14.0. The van der Waals surface area contributed by atoms with Gasteiger partial charge in [-0.25, -0.2) is 0 Å². The quantitative estimate of drug-likeness (QED) is 0.486. The number of carbonyl (C=O) groups excluding carboxylic acids is 2. The van der Waals surface area contributed by atoms with Crippen LogP contribution in [-0.2, 0) is 17.9 Å². The van der Waals surface area contributed by atoms with Crippen molar-refractivity contribution < 1.29 is 9.59 Å². The van der Waals surface area contributed by atoms with Gasteiger partial charge in [0.2, 0.25) is 5.91 Å². The van der Waals surface area contributed by atoms with Crippen LogP contribution in [0.1, 0.15) is 21.5 Å². The molecule has 0 aliphatic carbocycles. The summed E-state index contributed by atoms with van der Waals surface area (Å²) in [4.78, 5) is 31.1. The second kappa shape index (κ2) is 12.3. The first-order valence-electron chi connectivity index (χ1n) is 12.4. The van der Waals surface area contributed by atoms with Crippen molar-refractivity contribution in [2.24, 2.45) is 0 Å². The van der Waals surface area contributed by atoms with Crippen molar-refractivity contribution >= 4 is 23.2 Å². The van der Waals surface area contributed by atoms with Crippen molar-refractivity contribution in [1.29, 1.82) is 0 Å². The molecule has 1 aliphatic rings. The number of hydrogen-bond acceptors (Lipinski definition) is 5. The van der Waals surface area contributed by atoms with Crippen molar-refractivity contribution in [3.05, 3.63) is 95.6 Å². The molecule has 1 heterocycles. The van der Waals surface area contributed by atoms with Crippen LogP contribution in [0, 0.1) is 0 Å². The molecule has 0 radical (unpaired) electrons. The number of benzene rings is 3. The Balaban J connectivity index is 1.21. The van der Waals surface area contributed by atoms with Gasteiger partial charge in [-0.05, 0) is 54.6 Å². The molecule has 3 aromatic carbocycles. The third-order valence-electron chi connectivity index (χ3n) is 6.45. The third-order valence-corrected chi connectivity index (χ3v) is 6.45. The maximum atomic E-state index is 12.5. The second-order valence-electron chi connectivity index (χ2n) is 9.29. The molecule has 2 N–H and O–H groups in total. The van der Waals surface area contributed by atoms with Gasteiger partial charge in [0.15, 0.2) is 0 Å². The molecule has 188 valence electrons. The van der Waals surface area contributed by atoms with Crippen LogP contribution in [0.5, 0.6) is 0 Å². The van der Waals surface area contributed by atoms with Crippen molar-refractivity contribution in [1.82, 2.24) is 15.1 Å². The molecule has 0 saturated carbocycles. The average molecular weight is 486 g/mol. The summed E-state index contributed by atoms with van der Waals surface area (Å²) in [6.07, 6.45) is 0. The maximum Gasteiger partial charge on any atom is 0.251 e. The van der Waals surface area contributed by atoms with Gasteiger partial charge in [0.1, 0.15) is 0 Å². The topological polar surface area (TPSA) is 67.9 Å². The van der Waals surface area contributed by atoms with Gasteiger partial charge in [-0.3, -0.25) is 19.4 Å². The van der Waals surface area contributed by atoms with Crippen LogP contribution in [0.3, 0.4) is 0 Å². The molecule has 36 heavy (non-hydrogen) atoms. The van der Waals surface area contributed by atoms with Gasteiger partial charge in [0.25, 0.3) is 5.91 Å². The molecule has 0 aromatic heterocycles. The Morgan fingerprint density at radius 3 is 2.14 bits per heavy atom. The molecule has 1 aliphatic heterocycles. The van der Waals surface area contributed by atoms with E-state index in [1.165, 1.54) is 11.3 Å². The van der Waals surface area contributed by atoms with Crippen molar-refractivity contribution in [2.75, 3.05) is 57.0 Å². The van der Waals surface area contributed by atoms with E-state index < -0.39 is 0 Å². The van der Waals surface area contributed by atoms with Crippen molar-refractivity contribution in [2.45, 2.75) is 13.1 Å². The predicted octanol–water partition coefficient (Wildman–Crippen LogP) is 3.44. The zero-order valence-corrected chi connectivity index (χ0v) is 21.1. The molecular formula is C29H35N5O2. The first kappa shape index (κ1) is 25.4. The summed E-state index contributed by atoms with van der Waals surface area (Å²) in [5.41, 5.74) is 5.01. The SMILES string of the molecule is CNC(=O)c1ccc(CN(C)CC(=O)Nc2ccc(N3CCN(Cc4ccccc4)CC3)cc2)cc1. The number of nitrogens with one attached hydrogen (secondary N) is 2. The number of hydrogen-bond donors (Lipinski definition) is 2. The van der Waals surface area contributed by atoms with E-state index in [4.69, 9.17) is 0 Å². The van der Waals surface area contributed by atoms with Crippen molar-refractivity contribution in [3.8, 4) is 0 Å². The lowest BCUT2D eigenvalue weighted by atomic mass is 10.1. The van der Waals surface area contributed by atoms with E-state index in [1.807, 2.05) is 36.2 Å². The molecule has 7 heteroatoms. The number of nitrogens with zero attached hydrogens (tertiary/aromatic N) is 3. The van der Waals surface area contributed by atoms with Gasteiger partial charge >= 0.3 is 0 Å². The molecular weight excluding hydrogens is 450 g/mol. The first-order valence-corrected chi connectivity index (χ1v) is 12.4. The average Bonchev–Trinajstić information content (AvgIpc) is 2.90. The molecule has 7 nitrogen and oxygen atoms in total. The molecule has 0 bridgehead atoms. The highest BCUT2D eigenvalue weighted by Gasteiger charge is 2.17. The molecule has 1 fully saturated rings. The fraction of sp³-hybridized carbons (Fsp3) is 0.310. The van der Waals surface area contributed by atoms with Crippen LogP contribution in [0.25, 0.3) is 0 Å². The third kappa shape index (κ3) is 7.16. The monoisotopic (exact) mass is 485 g/mol. The van der Waals surface area contributed by atoms with Crippen LogP contribution in [-0.4, -0.2) is 68.4 Å². The Morgan fingerprint density at radius 2 is 1.50 bits per heavy atom. The predicted molar refractivity (Wildman–Crippen MR) is 145 cm³/mol. The minimum absolute atomic E-state index is 0.0539. The first-order chi connectivity index (χ1) is 17.5. The summed E-state index contributed by atoms with van der Waals surface area (Å²) in [5, 5.41) is 5.61. The Morgan fingerprint density at radius 1 is 0.833 bits per heavy atom. The van der Waals surface area contributed by atoms with Crippen LogP contribution >= 0.6 is 0 Å². The Kier molecular flexibility index (Phi) is 8.71. The van der Waals surface area contributed by atoms with E-state index in [-0.39, 0.29) is 18.4 Å². The minimum atomic E-state index is -0.106. The van der Waals surface area contributed by atoms with Crippen LogP contribution in [0.4, 0.5) is 11.4 Å². The molecule has 4 rings (SSSR count). The highest BCUT2D eigenvalue weighted by Crippen LogP contribution is 2.20. The summed E-state index contributed by atoms with van der Waals surface area (Å²) < 4.78 is 0. The number of amides is 2. The Bertz CT molecular complexity index is 1120. The lowest BCUT2D eigenvalue weighted by molar-refractivity contribution is -0.117. The summed E-state index contributed by atoms with van der Waals surface area (Å²) in [7, 11) is 3.53. The second-order valence-corrected chi connectivity index (χ2v) is 9.29. The molecule has 0 spiro atoms. The maximum absolute atomic E-state index is 12.5. The number of piperazine rings is 1. The van der Waals surface area contributed by atoms with Gasteiger partial charge in [-0.1, -0.05) is 42.5 Å². The fourth-order valence-electron chi connectivity index (χ4n) is 4.48. The largest absolute Gasteiger partial charge is 0.369 e. The molecule has 1 saturated heterocycles.